The molecule has 1 rings (SSSR count). The van der Waals surface area contributed by atoms with Crippen LogP contribution in [0.3, 0.4) is 0 Å². The third kappa shape index (κ3) is 2.01. The Balaban J connectivity index is 3.02. The van der Waals surface area contributed by atoms with Gasteiger partial charge in [-0.15, -0.1) is 0 Å². The maximum Gasteiger partial charge on any atom is 0.128 e. The third-order valence-corrected chi connectivity index (χ3v) is 2.08. The quantitative estimate of drug-likeness (QED) is 0.756. The molecule has 0 radical (unpaired) electrons. The number of hydrogen-bond donors (Lipinski definition) is 1. The Kier molecular flexibility index (Phi) is 3.02. The zero-order chi connectivity index (χ0) is 8.27. The van der Waals surface area contributed by atoms with Gasteiger partial charge in [0.1, 0.15) is 5.82 Å². The normalized spacial score (nSPS) is 10.1. The van der Waals surface area contributed by atoms with Crippen molar-refractivity contribution in [3.05, 3.63) is 35.1 Å². The first-order valence-electron chi connectivity index (χ1n) is 3.22. The van der Waals surface area contributed by atoms with Gasteiger partial charge in [0.05, 0.1) is 6.61 Å². The number of halogens is 2. The third-order valence-electron chi connectivity index (χ3n) is 1.43. The summed E-state index contributed by atoms with van der Waals surface area (Å²) in [5, 5.41) is 9.36. The van der Waals surface area contributed by atoms with Crippen LogP contribution in [0.15, 0.2) is 18.2 Å². The summed E-state index contributed by atoms with van der Waals surface area (Å²) < 4.78 is 12.7. The van der Waals surface area contributed by atoms with Crippen molar-refractivity contribution >= 4 is 15.9 Å². The van der Waals surface area contributed by atoms with Crippen LogP contribution in [0.1, 0.15) is 11.1 Å². The fraction of sp³-hybridized carbons (Fsp3) is 0.250. The summed E-state index contributed by atoms with van der Waals surface area (Å²) in [4.78, 5) is 0. The van der Waals surface area contributed by atoms with E-state index in [0.29, 0.717) is 10.9 Å². The number of hydrogen-bond acceptors (Lipinski definition) is 1. The van der Waals surface area contributed by atoms with E-state index in [0.717, 1.165) is 5.56 Å². The van der Waals surface area contributed by atoms with Crippen LogP contribution >= 0.6 is 15.9 Å². The van der Waals surface area contributed by atoms with Crippen molar-refractivity contribution in [3.8, 4) is 0 Å². The molecule has 0 atom stereocenters. The smallest absolute Gasteiger partial charge is 0.128 e. The minimum Gasteiger partial charge on any atom is -0.392 e. The van der Waals surface area contributed by atoms with E-state index in [1.807, 2.05) is 0 Å². The minimum atomic E-state index is -0.350. The van der Waals surface area contributed by atoms with Gasteiger partial charge in [-0.2, -0.15) is 0 Å². The van der Waals surface area contributed by atoms with E-state index in [1.165, 1.54) is 6.07 Å². The van der Waals surface area contributed by atoms with Gasteiger partial charge in [0, 0.05) is 10.9 Å². The van der Waals surface area contributed by atoms with Crippen LogP contribution in [0.25, 0.3) is 0 Å². The van der Waals surface area contributed by atoms with Gasteiger partial charge in [-0.1, -0.05) is 22.0 Å². The minimum absolute atomic E-state index is 0.243. The van der Waals surface area contributed by atoms with Crippen molar-refractivity contribution in [3.63, 3.8) is 0 Å². The molecule has 0 bridgehead atoms. The van der Waals surface area contributed by atoms with Crippen molar-refractivity contribution in [2.45, 2.75) is 11.9 Å². The molecule has 60 valence electrons. The highest BCUT2D eigenvalue weighted by molar-refractivity contribution is 9.08. The molecule has 1 aromatic rings. The van der Waals surface area contributed by atoms with Gasteiger partial charge in [0.2, 0.25) is 0 Å². The Bertz CT molecular complexity index is 250. The van der Waals surface area contributed by atoms with E-state index in [2.05, 4.69) is 15.9 Å². The van der Waals surface area contributed by atoms with Crippen LogP contribution in [0, 0.1) is 5.82 Å². The van der Waals surface area contributed by atoms with E-state index < -0.39 is 0 Å². The summed E-state index contributed by atoms with van der Waals surface area (Å²) in [6.07, 6.45) is 0. The molecule has 0 amide bonds. The summed E-state index contributed by atoms with van der Waals surface area (Å²) in [5.41, 5.74) is 1.32. The molecule has 1 aromatic carbocycles. The van der Waals surface area contributed by atoms with Crippen molar-refractivity contribution < 1.29 is 9.50 Å². The first-order valence-corrected chi connectivity index (χ1v) is 4.34. The Labute approximate surface area is 73.0 Å². The molecule has 0 aromatic heterocycles. The highest BCUT2D eigenvalue weighted by Gasteiger charge is 2.00. The zero-order valence-corrected chi connectivity index (χ0v) is 7.44. The molecule has 0 aliphatic carbocycles. The van der Waals surface area contributed by atoms with Gasteiger partial charge in [-0.05, 0) is 17.7 Å². The SMILES string of the molecule is OCc1cc(CBr)ccc1F. The fourth-order valence-corrected chi connectivity index (χ4v) is 1.18. The lowest BCUT2D eigenvalue weighted by atomic mass is 10.1. The number of benzene rings is 1. The van der Waals surface area contributed by atoms with Crippen molar-refractivity contribution in [1.29, 1.82) is 0 Å². The van der Waals surface area contributed by atoms with Crippen LogP contribution in [-0.2, 0) is 11.9 Å². The molecule has 0 saturated carbocycles. The first kappa shape index (κ1) is 8.68. The summed E-state index contributed by atoms with van der Waals surface area (Å²) in [7, 11) is 0. The summed E-state index contributed by atoms with van der Waals surface area (Å²) >= 11 is 3.24. The molecule has 1 nitrogen and oxygen atoms in total. The van der Waals surface area contributed by atoms with E-state index in [9.17, 15) is 4.39 Å². The molecule has 0 aliphatic rings. The van der Waals surface area contributed by atoms with Gasteiger partial charge < -0.3 is 5.11 Å². The topological polar surface area (TPSA) is 20.2 Å². The van der Waals surface area contributed by atoms with E-state index in [-0.39, 0.29) is 12.4 Å². The zero-order valence-electron chi connectivity index (χ0n) is 5.85. The summed E-state index contributed by atoms with van der Waals surface area (Å²) in [6, 6.07) is 4.69. The number of alkyl halides is 1. The molecule has 0 aliphatic heterocycles. The maximum absolute atomic E-state index is 12.7. The predicted molar refractivity (Wildman–Crippen MR) is 45.0 cm³/mol. The van der Waals surface area contributed by atoms with E-state index in [4.69, 9.17) is 5.11 Å². The Hall–Kier alpha value is -0.410. The van der Waals surface area contributed by atoms with Crippen LogP contribution in [0.2, 0.25) is 0 Å². The standard InChI is InChI=1S/C8H8BrFO/c9-4-6-1-2-8(10)7(3-6)5-11/h1-3,11H,4-5H2. The Morgan fingerprint density at radius 3 is 2.73 bits per heavy atom. The van der Waals surface area contributed by atoms with Crippen LogP contribution < -0.4 is 0 Å². The number of rotatable bonds is 2. The highest BCUT2D eigenvalue weighted by atomic mass is 79.9. The Morgan fingerprint density at radius 2 is 2.18 bits per heavy atom. The second-order valence-corrected chi connectivity index (χ2v) is 2.78. The first-order chi connectivity index (χ1) is 5.27. The lowest BCUT2D eigenvalue weighted by molar-refractivity contribution is 0.275. The molecule has 0 unspecified atom stereocenters. The summed E-state index contributed by atoms with van der Waals surface area (Å²) in [6.45, 7) is -0.243. The Morgan fingerprint density at radius 1 is 1.45 bits per heavy atom. The molecular formula is C8H8BrFO. The fourth-order valence-electron chi connectivity index (χ4n) is 0.832. The lowest BCUT2D eigenvalue weighted by Gasteiger charge is -2.00. The average molecular weight is 219 g/mol. The second-order valence-electron chi connectivity index (χ2n) is 2.22. The van der Waals surface area contributed by atoms with Crippen LogP contribution in [0.4, 0.5) is 4.39 Å². The van der Waals surface area contributed by atoms with Gasteiger partial charge in [0.25, 0.3) is 0 Å². The largest absolute Gasteiger partial charge is 0.392 e. The highest BCUT2D eigenvalue weighted by Crippen LogP contribution is 2.12. The number of aliphatic hydroxyl groups is 1. The van der Waals surface area contributed by atoms with Gasteiger partial charge >= 0.3 is 0 Å². The molecular weight excluding hydrogens is 211 g/mol. The number of aliphatic hydroxyl groups excluding tert-OH is 1. The molecule has 11 heavy (non-hydrogen) atoms. The van der Waals surface area contributed by atoms with Gasteiger partial charge in [-0.3, -0.25) is 0 Å². The molecule has 0 saturated heterocycles. The van der Waals surface area contributed by atoms with Crippen molar-refractivity contribution in [2.75, 3.05) is 0 Å². The second kappa shape index (κ2) is 3.83. The van der Waals surface area contributed by atoms with Crippen molar-refractivity contribution in [2.24, 2.45) is 0 Å². The molecule has 0 spiro atoms. The molecule has 0 heterocycles. The maximum atomic E-state index is 12.7. The molecule has 0 fully saturated rings. The summed E-state index contributed by atoms with van der Waals surface area (Å²) in [5.74, 6) is -0.350. The van der Waals surface area contributed by atoms with Crippen LogP contribution in [0.5, 0.6) is 0 Å². The lowest BCUT2D eigenvalue weighted by Crippen LogP contribution is -1.90. The van der Waals surface area contributed by atoms with Crippen LogP contribution in [-0.4, -0.2) is 5.11 Å². The van der Waals surface area contributed by atoms with Gasteiger partial charge in [-0.25, -0.2) is 4.39 Å². The van der Waals surface area contributed by atoms with Gasteiger partial charge in [0.15, 0.2) is 0 Å². The predicted octanol–water partition coefficient (Wildman–Crippen LogP) is 2.21. The average Bonchev–Trinajstić information content (AvgIpc) is 2.05. The van der Waals surface area contributed by atoms with E-state index in [1.54, 1.807) is 12.1 Å². The monoisotopic (exact) mass is 218 g/mol. The van der Waals surface area contributed by atoms with E-state index >= 15 is 0 Å². The van der Waals surface area contributed by atoms with Crippen molar-refractivity contribution in [1.82, 2.24) is 0 Å². The molecule has 1 N–H and O–H groups in total. The molecule has 3 heteroatoms.